The molecule has 0 unspecified atom stereocenters. The Morgan fingerprint density at radius 3 is 2.15 bits per heavy atom. The summed E-state index contributed by atoms with van der Waals surface area (Å²) < 4.78 is 0. The Hall–Kier alpha value is -1.80. The van der Waals surface area contributed by atoms with Gasteiger partial charge in [0.25, 0.3) is 0 Å². The van der Waals surface area contributed by atoms with E-state index in [2.05, 4.69) is 23.5 Å². The van der Waals surface area contributed by atoms with Crippen LogP contribution in [0.3, 0.4) is 0 Å². The van der Waals surface area contributed by atoms with Gasteiger partial charge in [0.15, 0.2) is 11.4 Å². The second-order valence-corrected chi connectivity index (χ2v) is 3.13. The molecule has 0 aromatic heterocycles. The van der Waals surface area contributed by atoms with E-state index in [1.807, 2.05) is 6.07 Å². The van der Waals surface area contributed by atoms with Gasteiger partial charge >= 0.3 is 0 Å². The Morgan fingerprint density at radius 1 is 1.08 bits per heavy atom. The first-order valence-corrected chi connectivity index (χ1v) is 4.08. The lowest BCUT2D eigenvalue weighted by Gasteiger charge is -2.05. The van der Waals surface area contributed by atoms with Crippen LogP contribution in [-0.2, 0) is 0 Å². The molecule has 0 radical (unpaired) electrons. The van der Waals surface area contributed by atoms with Crippen molar-refractivity contribution < 1.29 is 0 Å². The van der Waals surface area contributed by atoms with Gasteiger partial charge in [-0.2, -0.15) is 0 Å². The molecule has 0 aliphatic rings. The lowest BCUT2D eigenvalue weighted by atomic mass is 10.0. The molecule has 0 bridgehead atoms. The predicted octanol–water partition coefficient (Wildman–Crippen LogP) is 3.91. The molecule has 0 heterocycles. The molecule has 64 valence electrons. The molecule has 0 saturated heterocycles. The van der Waals surface area contributed by atoms with Crippen LogP contribution < -0.4 is 0 Å². The highest BCUT2D eigenvalue weighted by Crippen LogP contribution is 2.31. The van der Waals surface area contributed by atoms with Gasteiger partial charge in [-0.15, -0.1) is 0 Å². The molecular formula is C11H10N2. The van der Waals surface area contributed by atoms with Crippen LogP contribution in [0.15, 0.2) is 18.2 Å². The molecule has 13 heavy (non-hydrogen) atoms. The van der Waals surface area contributed by atoms with Crippen molar-refractivity contribution in [1.82, 2.24) is 0 Å². The third kappa shape index (κ3) is 1.86. The molecule has 1 aromatic carbocycles. The van der Waals surface area contributed by atoms with Gasteiger partial charge in [-0.1, -0.05) is 37.6 Å². The van der Waals surface area contributed by atoms with Gasteiger partial charge in [-0.3, -0.25) is 9.69 Å². The van der Waals surface area contributed by atoms with E-state index >= 15 is 0 Å². The van der Waals surface area contributed by atoms with Crippen LogP contribution >= 0.6 is 0 Å². The molecule has 0 aliphatic carbocycles. The first-order chi connectivity index (χ1) is 6.19. The van der Waals surface area contributed by atoms with Crippen molar-refractivity contribution in [2.45, 2.75) is 19.8 Å². The number of hydrogen-bond acceptors (Lipinski definition) is 0. The largest absolute Gasteiger partial charge is 0.250 e. The number of benzene rings is 1. The van der Waals surface area contributed by atoms with E-state index in [1.165, 1.54) is 0 Å². The minimum absolute atomic E-state index is 0.403. The number of hydrogen-bond donors (Lipinski definition) is 0. The minimum Gasteiger partial charge on any atom is -0.250 e. The maximum absolute atomic E-state index is 6.91. The van der Waals surface area contributed by atoms with Gasteiger partial charge in [-0.05, 0) is 5.92 Å². The molecule has 1 rings (SSSR count). The molecular weight excluding hydrogens is 160 g/mol. The third-order valence-electron chi connectivity index (χ3n) is 1.91. The zero-order valence-electron chi connectivity index (χ0n) is 7.70. The summed E-state index contributed by atoms with van der Waals surface area (Å²) >= 11 is 0. The monoisotopic (exact) mass is 170 g/mol. The summed E-state index contributed by atoms with van der Waals surface area (Å²) in [7, 11) is 0. The Morgan fingerprint density at radius 2 is 1.69 bits per heavy atom. The van der Waals surface area contributed by atoms with Crippen LogP contribution in [0.2, 0.25) is 0 Å². The lowest BCUT2D eigenvalue weighted by Crippen LogP contribution is -1.84. The average molecular weight is 170 g/mol. The van der Waals surface area contributed by atoms with Crippen LogP contribution in [0.4, 0.5) is 11.4 Å². The van der Waals surface area contributed by atoms with E-state index < -0.39 is 0 Å². The van der Waals surface area contributed by atoms with Crippen molar-refractivity contribution in [3.05, 3.63) is 46.6 Å². The van der Waals surface area contributed by atoms with Crippen LogP contribution in [0.1, 0.15) is 25.3 Å². The molecule has 0 fully saturated rings. The Labute approximate surface area is 78.5 Å². The number of nitrogens with zero attached hydrogens (tertiary/aromatic N) is 2. The Kier molecular flexibility index (Phi) is 2.67. The summed E-state index contributed by atoms with van der Waals surface area (Å²) in [5.74, 6) is 0.403. The molecule has 2 heteroatoms. The second kappa shape index (κ2) is 3.74. The molecule has 1 aromatic rings. The fourth-order valence-electron chi connectivity index (χ4n) is 1.08. The van der Waals surface area contributed by atoms with Crippen molar-refractivity contribution >= 4 is 11.4 Å². The molecule has 0 saturated carbocycles. The standard InChI is InChI=1S/C11H10N2/c1-8(2)9-5-6-10(12-3)11(7-9)13-4/h5-8H,1-2H3. The first kappa shape index (κ1) is 9.29. The second-order valence-electron chi connectivity index (χ2n) is 3.13. The molecule has 0 spiro atoms. The number of rotatable bonds is 1. The molecule has 0 amide bonds. The summed E-state index contributed by atoms with van der Waals surface area (Å²) in [6, 6.07) is 5.42. The maximum atomic E-state index is 6.91. The topological polar surface area (TPSA) is 8.72 Å². The highest BCUT2D eigenvalue weighted by molar-refractivity contribution is 5.71. The molecule has 2 nitrogen and oxygen atoms in total. The van der Waals surface area contributed by atoms with Crippen molar-refractivity contribution in [2.75, 3.05) is 0 Å². The summed E-state index contributed by atoms with van der Waals surface area (Å²) in [4.78, 5) is 6.60. The zero-order valence-corrected chi connectivity index (χ0v) is 7.70. The van der Waals surface area contributed by atoms with Crippen molar-refractivity contribution in [3.63, 3.8) is 0 Å². The molecule has 0 N–H and O–H groups in total. The highest BCUT2D eigenvalue weighted by Gasteiger charge is 2.05. The average Bonchev–Trinajstić information content (AvgIpc) is 2.16. The van der Waals surface area contributed by atoms with E-state index in [1.54, 1.807) is 12.1 Å². The molecule has 0 aliphatic heterocycles. The van der Waals surface area contributed by atoms with Gasteiger partial charge in [-0.25, -0.2) is 0 Å². The quantitative estimate of drug-likeness (QED) is 0.565. The summed E-state index contributed by atoms with van der Waals surface area (Å²) in [6.07, 6.45) is 0. The van der Waals surface area contributed by atoms with Crippen molar-refractivity contribution in [1.29, 1.82) is 0 Å². The van der Waals surface area contributed by atoms with Crippen molar-refractivity contribution in [3.8, 4) is 0 Å². The van der Waals surface area contributed by atoms with Gasteiger partial charge in [0.2, 0.25) is 0 Å². The van der Waals surface area contributed by atoms with E-state index in [0.717, 1.165) is 5.56 Å². The van der Waals surface area contributed by atoms with Crippen LogP contribution in [-0.4, -0.2) is 0 Å². The minimum atomic E-state index is 0.403. The van der Waals surface area contributed by atoms with Crippen LogP contribution in [0.25, 0.3) is 9.69 Å². The summed E-state index contributed by atoms with van der Waals surface area (Å²) in [5, 5.41) is 0. The highest BCUT2D eigenvalue weighted by atomic mass is 14.7. The van der Waals surface area contributed by atoms with Gasteiger partial charge in [0.05, 0.1) is 13.1 Å². The van der Waals surface area contributed by atoms with Crippen molar-refractivity contribution in [2.24, 2.45) is 0 Å². The van der Waals surface area contributed by atoms with E-state index in [4.69, 9.17) is 13.1 Å². The maximum Gasteiger partial charge on any atom is 0.194 e. The fourth-order valence-corrected chi connectivity index (χ4v) is 1.08. The Balaban J connectivity index is 3.25. The van der Waals surface area contributed by atoms with Gasteiger partial charge < -0.3 is 0 Å². The van der Waals surface area contributed by atoms with Crippen LogP contribution in [0.5, 0.6) is 0 Å². The fraction of sp³-hybridized carbons (Fsp3) is 0.273. The predicted molar refractivity (Wildman–Crippen MR) is 53.1 cm³/mol. The zero-order chi connectivity index (χ0) is 9.84. The summed E-state index contributed by atoms with van der Waals surface area (Å²) in [5.41, 5.74) is 2.01. The summed E-state index contributed by atoms with van der Waals surface area (Å²) in [6.45, 7) is 17.9. The smallest absolute Gasteiger partial charge is 0.194 e. The van der Waals surface area contributed by atoms with Gasteiger partial charge in [0.1, 0.15) is 0 Å². The SMILES string of the molecule is [C-]#[N+]c1ccc(C(C)C)cc1[N+]#[C-]. The normalized spacial score (nSPS) is 9.31. The van der Waals surface area contributed by atoms with Gasteiger partial charge in [0, 0.05) is 0 Å². The molecule has 0 atom stereocenters. The first-order valence-electron chi connectivity index (χ1n) is 4.08. The van der Waals surface area contributed by atoms with Crippen LogP contribution in [0, 0.1) is 13.1 Å². The Bertz CT molecular complexity index is 392. The van der Waals surface area contributed by atoms with E-state index in [0.29, 0.717) is 17.3 Å². The van der Waals surface area contributed by atoms with E-state index in [9.17, 15) is 0 Å². The lowest BCUT2D eigenvalue weighted by molar-refractivity contribution is 0.868. The third-order valence-corrected chi connectivity index (χ3v) is 1.91. The van der Waals surface area contributed by atoms with E-state index in [-0.39, 0.29) is 0 Å².